The van der Waals surface area contributed by atoms with Crippen molar-refractivity contribution in [2.45, 2.75) is 20.3 Å². The molecule has 5 nitrogen and oxygen atoms in total. The van der Waals surface area contributed by atoms with Gasteiger partial charge in [-0.25, -0.2) is 4.98 Å². The molecule has 4 aromatic rings. The lowest BCUT2D eigenvalue weighted by molar-refractivity contribution is -0.113. The van der Waals surface area contributed by atoms with E-state index in [0.29, 0.717) is 28.8 Å². The van der Waals surface area contributed by atoms with Crippen LogP contribution in [-0.4, -0.2) is 22.0 Å². The summed E-state index contributed by atoms with van der Waals surface area (Å²) in [5.74, 6) is 0.351. The fourth-order valence-corrected chi connectivity index (χ4v) is 4.70. The molecule has 2 heterocycles. The van der Waals surface area contributed by atoms with Crippen molar-refractivity contribution in [2.75, 3.05) is 11.4 Å². The molecule has 0 aliphatic carbocycles. The lowest BCUT2D eigenvalue weighted by atomic mass is 10.1. The summed E-state index contributed by atoms with van der Waals surface area (Å²) in [6.45, 7) is 4.64. The van der Waals surface area contributed by atoms with Crippen LogP contribution in [-0.2, 0) is 4.79 Å². The van der Waals surface area contributed by atoms with E-state index in [1.165, 1.54) is 0 Å². The van der Waals surface area contributed by atoms with E-state index in [1.807, 2.05) is 74.5 Å². The minimum absolute atomic E-state index is 0.0799. The second kappa shape index (κ2) is 8.45. The van der Waals surface area contributed by atoms with Crippen LogP contribution in [0, 0.1) is 6.92 Å². The number of amides is 1. The number of benzene rings is 3. The van der Waals surface area contributed by atoms with Crippen LogP contribution in [0.25, 0.3) is 28.2 Å². The highest BCUT2D eigenvalue weighted by atomic mass is 79.9. The number of anilines is 1. The molecular formula is C27H22BrN3O2. The third-order valence-corrected chi connectivity index (χ3v) is 6.39. The fraction of sp³-hybridized carbons (Fsp3) is 0.148. The second-order valence-corrected chi connectivity index (χ2v) is 9.01. The first-order valence-corrected chi connectivity index (χ1v) is 11.7. The number of aryl methyl sites for hydroxylation is 1. The molecule has 1 aliphatic heterocycles. The maximum absolute atomic E-state index is 13.6. The van der Waals surface area contributed by atoms with E-state index in [1.54, 1.807) is 21.6 Å². The topological polar surface area (TPSA) is 55.2 Å². The molecule has 0 unspecified atom stereocenters. The SMILES string of the molecule is CCCN1C(=O)/C(=C\c2nc3ccccc3c(=O)n2-c2ccccc2C)c2cc(Br)ccc21. The highest BCUT2D eigenvalue weighted by Crippen LogP contribution is 2.39. The Morgan fingerprint density at radius 1 is 0.970 bits per heavy atom. The summed E-state index contributed by atoms with van der Waals surface area (Å²) >= 11 is 3.53. The maximum Gasteiger partial charge on any atom is 0.266 e. The fourth-order valence-electron chi connectivity index (χ4n) is 4.34. The molecule has 0 atom stereocenters. The molecular weight excluding hydrogens is 478 g/mol. The van der Waals surface area contributed by atoms with Crippen molar-refractivity contribution >= 4 is 50.1 Å². The highest BCUT2D eigenvalue weighted by Gasteiger charge is 2.32. The van der Waals surface area contributed by atoms with Gasteiger partial charge in [0, 0.05) is 16.6 Å². The minimum Gasteiger partial charge on any atom is -0.308 e. The molecule has 5 rings (SSSR count). The molecule has 164 valence electrons. The number of hydrogen-bond donors (Lipinski definition) is 0. The average molecular weight is 500 g/mol. The van der Waals surface area contributed by atoms with Crippen molar-refractivity contribution in [3.05, 3.63) is 98.5 Å². The summed E-state index contributed by atoms with van der Waals surface area (Å²) in [6.07, 6.45) is 2.60. The first-order valence-electron chi connectivity index (χ1n) is 10.9. The number of para-hydroxylation sites is 2. The predicted octanol–water partition coefficient (Wildman–Crippen LogP) is 5.75. The number of carbonyl (C=O) groups is 1. The Bertz CT molecular complexity index is 1500. The van der Waals surface area contributed by atoms with Gasteiger partial charge in [0.15, 0.2) is 0 Å². The largest absolute Gasteiger partial charge is 0.308 e. The van der Waals surface area contributed by atoms with Crippen LogP contribution in [0.4, 0.5) is 5.69 Å². The first-order chi connectivity index (χ1) is 16.0. The lowest BCUT2D eigenvalue weighted by Gasteiger charge is -2.16. The molecule has 0 bridgehead atoms. The zero-order valence-electron chi connectivity index (χ0n) is 18.4. The Morgan fingerprint density at radius 2 is 1.73 bits per heavy atom. The van der Waals surface area contributed by atoms with Gasteiger partial charge in [0.25, 0.3) is 11.5 Å². The van der Waals surface area contributed by atoms with Crippen molar-refractivity contribution < 1.29 is 4.79 Å². The molecule has 1 aliphatic rings. The van der Waals surface area contributed by atoms with Crippen LogP contribution < -0.4 is 10.5 Å². The first kappa shape index (κ1) is 21.3. The van der Waals surface area contributed by atoms with Gasteiger partial charge in [-0.15, -0.1) is 0 Å². The van der Waals surface area contributed by atoms with Crippen LogP contribution in [0.3, 0.4) is 0 Å². The smallest absolute Gasteiger partial charge is 0.266 e. The number of hydrogen-bond acceptors (Lipinski definition) is 3. The summed E-state index contributed by atoms with van der Waals surface area (Å²) in [4.78, 5) is 33.7. The zero-order chi connectivity index (χ0) is 23.1. The number of carbonyl (C=O) groups excluding carboxylic acids is 1. The van der Waals surface area contributed by atoms with E-state index in [0.717, 1.165) is 33.4 Å². The van der Waals surface area contributed by atoms with Gasteiger partial charge in [0.05, 0.1) is 27.9 Å². The predicted molar refractivity (Wildman–Crippen MR) is 137 cm³/mol. The van der Waals surface area contributed by atoms with Gasteiger partial charge < -0.3 is 4.90 Å². The summed E-state index contributed by atoms with van der Waals surface area (Å²) < 4.78 is 2.50. The number of nitrogens with zero attached hydrogens (tertiary/aromatic N) is 3. The van der Waals surface area contributed by atoms with Crippen LogP contribution >= 0.6 is 15.9 Å². The molecule has 0 saturated heterocycles. The quantitative estimate of drug-likeness (QED) is 0.335. The van der Waals surface area contributed by atoms with Crippen molar-refractivity contribution in [2.24, 2.45) is 0 Å². The van der Waals surface area contributed by atoms with E-state index in [2.05, 4.69) is 15.9 Å². The number of aromatic nitrogens is 2. The van der Waals surface area contributed by atoms with E-state index in [4.69, 9.17) is 4.98 Å². The Hall–Kier alpha value is -3.51. The summed E-state index contributed by atoms with van der Waals surface area (Å²) in [6, 6.07) is 20.9. The third-order valence-electron chi connectivity index (χ3n) is 5.89. The number of rotatable bonds is 4. The van der Waals surface area contributed by atoms with Crippen molar-refractivity contribution in [1.82, 2.24) is 9.55 Å². The summed E-state index contributed by atoms with van der Waals surface area (Å²) in [5, 5.41) is 0.538. The van der Waals surface area contributed by atoms with Gasteiger partial charge in [-0.2, -0.15) is 0 Å². The van der Waals surface area contributed by atoms with Crippen LogP contribution in [0.5, 0.6) is 0 Å². The average Bonchev–Trinajstić information content (AvgIpc) is 3.06. The highest BCUT2D eigenvalue weighted by molar-refractivity contribution is 9.10. The second-order valence-electron chi connectivity index (χ2n) is 8.09. The Kier molecular flexibility index (Phi) is 5.46. The van der Waals surface area contributed by atoms with Crippen LogP contribution in [0.15, 0.2) is 76.0 Å². The minimum atomic E-state index is -0.160. The van der Waals surface area contributed by atoms with Gasteiger partial charge in [-0.3, -0.25) is 14.2 Å². The Labute approximate surface area is 200 Å². The maximum atomic E-state index is 13.6. The van der Waals surface area contributed by atoms with Crippen molar-refractivity contribution in [3.63, 3.8) is 0 Å². The molecule has 0 radical (unpaired) electrons. The molecule has 0 fully saturated rings. The number of halogens is 1. The molecule has 33 heavy (non-hydrogen) atoms. The van der Waals surface area contributed by atoms with Gasteiger partial charge in [0.1, 0.15) is 5.82 Å². The van der Waals surface area contributed by atoms with Gasteiger partial charge in [0.2, 0.25) is 0 Å². The normalized spacial score (nSPS) is 14.3. The third kappa shape index (κ3) is 3.60. The number of fused-ring (bicyclic) bond motifs is 2. The Morgan fingerprint density at radius 3 is 2.52 bits per heavy atom. The standard InChI is InChI=1S/C27H22BrN3O2/c1-3-14-30-24-13-12-18(28)15-20(24)21(26(30)32)16-25-29-22-10-6-5-9-19(22)27(33)31(25)23-11-7-4-8-17(23)2/h4-13,15-16H,3,14H2,1-2H3/b21-16-. The molecule has 3 aromatic carbocycles. The molecule has 6 heteroatoms. The lowest BCUT2D eigenvalue weighted by Crippen LogP contribution is -2.27. The monoisotopic (exact) mass is 499 g/mol. The van der Waals surface area contributed by atoms with Gasteiger partial charge in [-0.1, -0.05) is 53.2 Å². The van der Waals surface area contributed by atoms with E-state index in [-0.39, 0.29) is 11.5 Å². The molecule has 0 saturated carbocycles. The summed E-state index contributed by atoms with van der Waals surface area (Å²) in [5.41, 5.74) is 4.38. The molecule has 0 N–H and O–H groups in total. The zero-order valence-corrected chi connectivity index (χ0v) is 20.0. The van der Waals surface area contributed by atoms with Gasteiger partial charge in [-0.05, 0) is 61.4 Å². The van der Waals surface area contributed by atoms with Crippen molar-refractivity contribution in [3.8, 4) is 5.69 Å². The van der Waals surface area contributed by atoms with Gasteiger partial charge >= 0.3 is 0 Å². The van der Waals surface area contributed by atoms with Crippen LogP contribution in [0.1, 0.15) is 30.3 Å². The summed E-state index contributed by atoms with van der Waals surface area (Å²) in [7, 11) is 0. The van der Waals surface area contributed by atoms with E-state index in [9.17, 15) is 9.59 Å². The van der Waals surface area contributed by atoms with Crippen molar-refractivity contribution in [1.29, 1.82) is 0 Å². The molecule has 1 aromatic heterocycles. The molecule has 0 spiro atoms. The van der Waals surface area contributed by atoms with E-state index >= 15 is 0 Å². The Balaban J connectivity index is 1.82. The molecule has 1 amide bonds. The van der Waals surface area contributed by atoms with Crippen LogP contribution in [0.2, 0.25) is 0 Å². The van der Waals surface area contributed by atoms with E-state index < -0.39 is 0 Å².